The molecule has 0 saturated carbocycles. The van der Waals surface area contributed by atoms with E-state index in [1.54, 1.807) is 0 Å². The molecule has 12 aromatic carbocycles. The third-order valence-corrected chi connectivity index (χ3v) is 15.0. The van der Waals surface area contributed by atoms with Crippen molar-refractivity contribution in [2.45, 2.75) is 105 Å². The molecule has 0 N–H and O–H groups in total. The first-order chi connectivity index (χ1) is 30.3. The Balaban J connectivity index is 1.45. The molecule has 12 rings (SSSR count). The Morgan fingerprint density at radius 3 is 1.28 bits per heavy atom. The van der Waals surface area contributed by atoms with Crippen molar-refractivity contribution in [1.82, 2.24) is 0 Å². The average molecular weight is 827 g/mol. The summed E-state index contributed by atoms with van der Waals surface area (Å²) in [5.41, 5.74) is 10.6. The van der Waals surface area contributed by atoms with Crippen molar-refractivity contribution in [2.75, 3.05) is 0 Å². The summed E-state index contributed by atoms with van der Waals surface area (Å²) in [5.74, 6) is 0. The normalized spacial score (nSPS) is 13.6. The second-order valence-corrected chi connectivity index (χ2v) is 23.4. The standard InChI is InChI=1S/C64H58/c1-61(2,3)40-27-38(28-41(32-40)62(4,5)6)53-51-34-49-45-20-14-13-19-44(45)46-21-16-22-47(56(46)49)57(51)55(39-29-42(63(7,8)9)33-43(30-39)64(10,11)12)59-48-26-25-36-24-23-35-17-15-18-37-31-50(60(53)59)58(48)54(36)52(35)37/h13-34H,1-12H3. The van der Waals surface area contributed by atoms with Crippen molar-refractivity contribution >= 4 is 97.0 Å². The van der Waals surface area contributed by atoms with Crippen LogP contribution in [0.1, 0.15) is 105 Å². The van der Waals surface area contributed by atoms with Gasteiger partial charge in [0, 0.05) is 0 Å². The summed E-state index contributed by atoms with van der Waals surface area (Å²) in [7, 11) is 0. The van der Waals surface area contributed by atoms with Gasteiger partial charge >= 0.3 is 0 Å². The summed E-state index contributed by atoms with van der Waals surface area (Å²) in [4.78, 5) is 0. The topological polar surface area (TPSA) is 0 Å². The molecule has 0 amide bonds. The zero-order chi connectivity index (χ0) is 44.6. The van der Waals surface area contributed by atoms with Crippen LogP contribution in [-0.2, 0) is 21.7 Å². The summed E-state index contributed by atoms with van der Waals surface area (Å²) >= 11 is 0. The zero-order valence-electron chi connectivity index (χ0n) is 39.7. The summed E-state index contributed by atoms with van der Waals surface area (Å²) in [6.07, 6.45) is 0. The van der Waals surface area contributed by atoms with E-state index in [0.717, 1.165) is 0 Å². The molecule has 314 valence electrons. The molecule has 0 heterocycles. The first-order valence-electron chi connectivity index (χ1n) is 23.5. The maximum atomic E-state index is 2.61. The van der Waals surface area contributed by atoms with Crippen molar-refractivity contribution in [2.24, 2.45) is 0 Å². The van der Waals surface area contributed by atoms with Gasteiger partial charge in [-0.1, -0.05) is 204 Å². The smallest absolute Gasteiger partial charge is 0.000717 e. The predicted octanol–water partition coefficient (Wildman–Crippen LogP) is 18.9. The molecular weight excluding hydrogens is 769 g/mol. The molecule has 0 aromatic heterocycles. The van der Waals surface area contributed by atoms with Gasteiger partial charge in [-0.05, 0) is 175 Å². The van der Waals surface area contributed by atoms with Crippen molar-refractivity contribution in [3.8, 4) is 22.3 Å². The molecule has 0 nitrogen and oxygen atoms in total. The molecule has 0 radical (unpaired) electrons. The van der Waals surface area contributed by atoms with Crippen LogP contribution in [0.15, 0.2) is 133 Å². The second-order valence-electron chi connectivity index (χ2n) is 23.4. The minimum absolute atomic E-state index is 0.0475. The van der Waals surface area contributed by atoms with Crippen LogP contribution in [0, 0.1) is 0 Å². The molecule has 0 heteroatoms. The van der Waals surface area contributed by atoms with Gasteiger partial charge < -0.3 is 0 Å². The zero-order valence-corrected chi connectivity index (χ0v) is 39.7. The highest BCUT2D eigenvalue weighted by Gasteiger charge is 2.31. The van der Waals surface area contributed by atoms with Crippen molar-refractivity contribution in [1.29, 1.82) is 0 Å². The molecular formula is C64H58. The Hall–Kier alpha value is -6.24. The number of hydrogen-bond acceptors (Lipinski definition) is 0. The molecule has 0 fully saturated rings. The Bertz CT molecular complexity index is 3830. The fraction of sp³-hybridized carbons (Fsp3) is 0.250. The summed E-state index contributed by atoms with van der Waals surface area (Å²) in [5, 5.41) is 24.2. The highest BCUT2D eigenvalue weighted by molar-refractivity contribution is 6.47. The highest BCUT2D eigenvalue weighted by Crippen LogP contribution is 2.57. The van der Waals surface area contributed by atoms with E-state index in [1.807, 2.05) is 0 Å². The summed E-state index contributed by atoms with van der Waals surface area (Å²) in [6.45, 7) is 28.5. The van der Waals surface area contributed by atoms with Crippen LogP contribution < -0.4 is 0 Å². The lowest BCUT2D eigenvalue weighted by molar-refractivity contribution is 0.568. The van der Waals surface area contributed by atoms with E-state index >= 15 is 0 Å². The lowest BCUT2D eigenvalue weighted by Crippen LogP contribution is -2.16. The molecule has 0 bridgehead atoms. The van der Waals surface area contributed by atoms with Crippen LogP contribution in [0.5, 0.6) is 0 Å². The van der Waals surface area contributed by atoms with Gasteiger partial charge in [-0.3, -0.25) is 0 Å². The minimum Gasteiger partial charge on any atom is -0.0616 e. The van der Waals surface area contributed by atoms with Gasteiger partial charge in [0.05, 0.1) is 0 Å². The lowest BCUT2D eigenvalue weighted by Gasteiger charge is -2.28. The first-order valence-corrected chi connectivity index (χ1v) is 23.5. The Kier molecular flexibility index (Phi) is 7.83. The molecule has 12 aromatic rings. The lowest BCUT2D eigenvalue weighted by atomic mass is 9.76. The van der Waals surface area contributed by atoms with Crippen molar-refractivity contribution in [3.63, 3.8) is 0 Å². The number of fused-ring (bicyclic) bond motifs is 8. The third-order valence-electron chi connectivity index (χ3n) is 15.0. The van der Waals surface area contributed by atoms with E-state index in [2.05, 4.69) is 217 Å². The van der Waals surface area contributed by atoms with E-state index in [1.165, 1.54) is 141 Å². The minimum atomic E-state index is -0.0476. The van der Waals surface area contributed by atoms with Crippen molar-refractivity contribution in [3.05, 3.63) is 156 Å². The van der Waals surface area contributed by atoms with Crippen LogP contribution in [0.4, 0.5) is 0 Å². The fourth-order valence-electron chi connectivity index (χ4n) is 11.5. The number of rotatable bonds is 2. The molecule has 0 aliphatic rings. The van der Waals surface area contributed by atoms with E-state index in [9.17, 15) is 0 Å². The summed E-state index contributed by atoms with van der Waals surface area (Å²) in [6, 6.07) is 53.0. The van der Waals surface area contributed by atoms with E-state index < -0.39 is 0 Å². The van der Waals surface area contributed by atoms with Gasteiger partial charge in [0.1, 0.15) is 0 Å². The van der Waals surface area contributed by atoms with Gasteiger partial charge in [0.25, 0.3) is 0 Å². The quantitative estimate of drug-likeness (QED) is 0.152. The Morgan fingerprint density at radius 1 is 0.234 bits per heavy atom. The molecule has 0 aliphatic heterocycles. The van der Waals surface area contributed by atoms with Gasteiger partial charge in [-0.25, -0.2) is 0 Å². The average Bonchev–Trinajstić information content (AvgIpc) is 3.75. The molecule has 0 unspecified atom stereocenters. The van der Waals surface area contributed by atoms with Crippen LogP contribution in [0.2, 0.25) is 0 Å². The number of benzene rings is 10. The van der Waals surface area contributed by atoms with Crippen molar-refractivity contribution < 1.29 is 0 Å². The SMILES string of the molecule is CC(C)(C)c1cc(-c2c3cc4c5ccccc5c5cccc(c3c(-c3cc(C(C)(C)C)cc(C(C)(C)C)c3)c3c6ccc7ccc8cccc9cc(c23)c6c7c89)c54)cc(C(C)(C)C)c1. The fourth-order valence-corrected chi connectivity index (χ4v) is 11.5. The van der Waals surface area contributed by atoms with Crippen LogP contribution in [0.3, 0.4) is 0 Å². The maximum Gasteiger partial charge on any atom is -0.000717 e. The predicted molar refractivity (Wildman–Crippen MR) is 283 cm³/mol. The van der Waals surface area contributed by atoms with Gasteiger partial charge in [-0.2, -0.15) is 0 Å². The monoisotopic (exact) mass is 826 g/mol. The van der Waals surface area contributed by atoms with Gasteiger partial charge in [0.15, 0.2) is 0 Å². The first kappa shape index (κ1) is 39.4. The van der Waals surface area contributed by atoms with Crippen LogP contribution in [-0.4, -0.2) is 0 Å². The maximum absolute atomic E-state index is 2.61. The molecule has 0 atom stereocenters. The Labute approximate surface area is 377 Å². The summed E-state index contributed by atoms with van der Waals surface area (Å²) < 4.78 is 0. The van der Waals surface area contributed by atoms with E-state index in [0.29, 0.717) is 0 Å². The number of hydrogen-bond donors (Lipinski definition) is 0. The second kappa shape index (κ2) is 12.7. The molecule has 0 spiro atoms. The van der Waals surface area contributed by atoms with E-state index in [-0.39, 0.29) is 21.7 Å². The largest absolute Gasteiger partial charge is 0.0616 e. The van der Waals surface area contributed by atoms with Crippen LogP contribution >= 0.6 is 0 Å². The third kappa shape index (κ3) is 5.47. The highest BCUT2D eigenvalue weighted by atomic mass is 14.3. The van der Waals surface area contributed by atoms with E-state index in [4.69, 9.17) is 0 Å². The van der Waals surface area contributed by atoms with Crippen LogP contribution in [0.25, 0.3) is 119 Å². The van der Waals surface area contributed by atoms with Gasteiger partial charge in [0.2, 0.25) is 0 Å². The molecule has 64 heavy (non-hydrogen) atoms. The molecule has 0 saturated heterocycles. The van der Waals surface area contributed by atoms with Gasteiger partial charge in [-0.15, -0.1) is 0 Å². The molecule has 0 aliphatic carbocycles. The Morgan fingerprint density at radius 2 is 0.688 bits per heavy atom.